The van der Waals surface area contributed by atoms with Crippen molar-refractivity contribution < 1.29 is 14.3 Å². The predicted molar refractivity (Wildman–Crippen MR) is 81.2 cm³/mol. The lowest BCUT2D eigenvalue weighted by Crippen LogP contribution is -2.25. The molecule has 0 atom stereocenters. The molecule has 0 heterocycles. The summed E-state index contributed by atoms with van der Waals surface area (Å²) in [6.45, 7) is 0.889. The SMILES string of the molecule is O=C(O)CCN(Cc1ccc(Cl)cc1)c1ccc(F)cc1. The van der Waals surface area contributed by atoms with Crippen LogP contribution in [-0.2, 0) is 11.3 Å². The molecule has 0 unspecified atom stereocenters. The molecule has 3 nitrogen and oxygen atoms in total. The summed E-state index contributed by atoms with van der Waals surface area (Å²) in [4.78, 5) is 12.7. The highest BCUT2D eigenvalue weighted by Crippen LogP contribution is 2.19. The highest BCUT2D eigenvalue weighted by Gasteiger charge is 2.10. The molecule has 0 fully saturated rings. The minimum Gasteiger partial charge on any atom is -0.481 e. The van der Waals surface area contributed by atoms with Crippen molar-refractivity contribution in [1.82, 2.24) is 0 Å². The Hall–Kier alpha value is -2.07. The van der Waals surface area contributed by atoms with Crippen LogP contribution in [0.15, 0.2) is 48.5 Å². The number of hydrogen-bond donors (Lipinski definition) is 1. The first-order valence-electron chi connectivity index (χ1n) is 6.51. The first-order chi connectivity index (χ1) is 10.0. The van der Waals surface area contributed by atoms with Crippen LogP contribution in [0.25, 0.3) is 0 Å². The van der Waals surface area contributed by atoms with Gasteiger partial charge in [-0.25, -0.2) is 4.39 Å². The van der Waals surface area contributed by atoms with E-state index in [0.717, 1.165) is 11.3 Å². The normalized spacial score (nSPS) is 10.4. The van der Waals surface area contributed by atoms with E-state index in [1.807, 2.05) is 17.0 Å². The fourth-order valence-electron chi connectivity index (χ4n) is 1.99. The van der Waals surface area contributed by atoms with Crippen LogP contribution in [0.3, 0.4) is 0 Å². The summed E-state index contributed by atoms with van der Waals surface area (Å²) in [5.41, 5.74) is 1.79. The number of carboxylic acids is 1. The number of carbonyl (C=O) groups is 1. The van der Waals surface area contributed by atoms with E-state index in [0.29, 0.717) is 18.1 Å². The van der Waals surface area contributed by atoms with Gasteiger partial charge in [-0.3, -0.25) is 4.79 Å². The number of halogens is 2. The molecule has 0 saturated heterocycles. The van der Waals surface area contributed by atoms with Crippen molar-refractivity contribution in [2.75, 3.05) is 11.4 Å². The van der Waals surface area contributed by atoms with Crippen LogP contribution in [0.4, 0.5) is 10.1 Å². The molecular formula is C16H15ClFNO2. The van der Waals surface area contributed by atoms with Crippen LogP contribution in [-0.4, -0.2) is 17.6 Å². The average Bonchev–Trinajstić information content (AvgIpc) is 2.46. The van der Waals surface area contributed by atoms with E-state index >= 15 is 0 Å². The molecule has 0 radical (unpaired) electrons. The lowest BCUT2D eigenvalue weighted by molar-refractivity contribution is -0.136. The lowest BCUT2D eigenvalue weighted by Gasteiger charge is -2.24. The second kappa shape index (κ2) is 7.09. The maximum atomic E-state index is 13.0. The molecule has 0 aliphatic rings. The fourth-order valence-corrected chi connectivity index (χ4v) is 2.12. The third kappa shape index (κ3) is 4.76. The summed E-state index contributed by atoms with van der Waals surface area (Å²) < 4.78 is 13.0. The highest BCUT2D eigenvalue weighted by molar-refractivity contribution is 6.30. The minimum atomic E-state index is -0.863. The number of nitrogens with zero attached hydrogens (tertiary/aromatic N) is 1. The van der Waals surface area contributed by atoms with Crippen molar-refractivity contribution >= 4 is 23.3 Å². The predicted octanol–water partition coefficient (Wildman–Crippen LogP) is 3.96. The Morgan fingerprint density at radius 1 is 1.10 bits per heavy atom. The van der Waals surface area contributed by atoms with E-state index in [9.17, 15) is 9.18 Å². The quantitative estimate of drug-likeness (QED) is 0.878. The summed E-state index contributed by atoms with van der Waals surface area (Å²) in [6, 6.07) is 13.4. The molecule has 0 aromatic heterocycles. The van der Waals surface area contributed by atoms with Gasteiger partial charge in [0.2, 0.25) is 0 Å². The number of anilines is 1. The Morgan fingerprint density at radius 2 is 1.71 bits per heavy atom. The maximum Gasteiger partial charge on any atom is 0.305 e. The summed E-state index contributed by atoms with van der Waals surface area (Å²) in [5.74, 6) is -1.18. The summed E-state index contributed by atoms with van der Waals surface area (Å²) >= 11 is 5.85. The number of rotatable bonds is 6. The van der Waals surface area contributed by atoms with Crippen molar-refractivity contribution in [1.29, 1.82) is 0 Å². The van der Waals surface area contributed by atoms with Gasteiger partial charge in [0, 0.05) is 23.8 Å². The lowest BCUT2D eigenvalue weighted by atomic mass is 10.2. The highest BCUT2D eigenvalue weighted by atomic mass is 35.5. The largest absolute Gasteiger partial charge is 0.481 e. The van der Waals surface area contributed by atoms with Gasteiger partial charge in [0.1, 0.15) is 5.82 Å². The van der Waals surface area contributed by atoms with Crippen molar-refractivity contribution in [2.24, 2.45) is 0 Å². The Labute approximate surface area is 127 Å². The summed E-state index contributed by atoms with van der Waals surface area (Å²) in [6.07, 6.45) is 0.0188. The van der Waals surface area contributed by atoms with Crippen LogP contribution in [0, 0.1) is 5.82 Å². The molecule has 0 amide bonds. The molecule has 0 aliphatic carbocycles. The van der Waals surface area contributed by atoms with Crippen molar-refractivity contribution in [3.8, 4) is 0 Å². The zero-order valence-corrected chi connectivity index (χ0v) is 12.1. The van der Waals surface area contributed by atoms with E-state index in [4.69, 9.17) is 16.7 Å². The average molecular weight is 308 g/mol. The van der Waals surface area contributed by atoms with Gasteiger partial charge in [-0.2, -0.15) is 0 Å². The van der Waals surface area contributed by atoms with Crippen molar-refractivity contribution in [3.05, 3.63) is 64.9 Å². The van der Waals surface area contributed by atoms with Crippen LogP contribution < -0.4 is 4.90 Å². The minimum absolute atomic E-state index is 0.0188. The van der Waals surface area contributed by atoms with Crippen LogP contribution >= 0.6 is 11.6 Å². The summed E-state index contributed by atoms with van der Waals surface area (Å²) in [7, 11) is 0. The van der Waals surface area contributed by atoms with Crippen LogP contribution in [0.1, 0.15) is 12.0 Å². The van der Waals surface area contributed by atoms with E-state index in [1.54, 1.807) is 24.3 Å². The molecule has 2 rings (SSSR count). The number of hydrogen-bond acceptors (Lipinski definition) is 2. The third-order valence-corrected chi connectivity index (χ3v) is 3.33. The van der Waals surface area contributed by atoms with Crippen molar-refractivity contribution in [2.45, 2.75) is 13.0 Å². The van der Waals surface area contributed by atoms with Crippen molar-refractivity contribution in [3.63, 3.8) is 0 Å². The second-order valence-electron chi connectivity index (χ2n) is 4.67. The van der Waals surface area contributed by atoms with Gasteiger partial charge >= 0.3 is 5.97 Å². The molecule has 0 saturated carbocycles. The van der Waals surface area contributed by atoms with Gasteiger partial charge in [0.25, 0.3) is 0 Å². The van der Waals surface area contributed by atoms with E-state index in [2.05, 4.69) is 0 Å². The van der Waals surface area contributed by atoms with Gasteiger partial charge in [0.15, 0.2) is 0 Å². The number of benzene rings is 2. The number of aliphatic carboxylic acids is 1. The topological polar surface area (TPSA) is 40.5 Å². The monoisotopic (exact) mass is 307 g/mol. The summed E-state index contributed by atoms with van der Waals surface area (Å²) in [5, 5.41) is 9.50. The Morgan fingerprint density at radius 3 is 2.29 bits per heavy atom. The van der Waals surface area contributed by atoms with E-state index < -0.39 is 5.97 Å². The van der Waals surface area contributed by atoms with E-state index in [-0.39, 0.29) is 12.2 Å². The van der Waals surface area contributed by atoms with E-state index in [1.165, 1.54) is 12.1 Å². The van der Waals surface area contributed by atoms with Gasteiger partial charge in [-0.15, -0.1) is 0 Å². The fraction of sp³-hybridized carbons (Fsp3) is 0.188. The van der Waals surface area contributed by atoms with Gasteiger partial charge in [0.05, 0.1) is 6.42 Å². The zero-order chi connectivity index (χ0) is 15.2. The Balaban J connectivity index is 2.16. The molecule has 0 spiro atoms. The van der Waals surface area contributed by atoms with Gasteiger partial charge < -0.3 is 10.0 Å². The maximum absolute atomic E-state index is 13.0. The smallest absolute Gasteiger partial charge is 0.305 e. The third-order valence-electron chi connectivity index (χ3n) is 3.07. The zero-order valence-electron chi connectivity index (χ0n) is 11.3. The van der Waals surface area contributed by atoms with Gasteiger partial charge in [-0.1, -0.05) is 23.7 Å². The van der Waals surface area contributed by atoms with Gasteiger partial charge in [-0.05, 0) is 42.0 Å². The first-order valence-corrected chi connectivity index (χ1v) is 6.89. The number of carboxylic acid groups (broad SMARTS) is 1. The standard InChI is InChI=1S/C16H15ClFNO2/c17-13-3-1-12(2-4-13)11-19(10-9-16(20)21)15-7-5-14(18)6-8-15/h1-8H,9-11H2,(H,20,21). The molecule has 110 valence electrons. The van der Waals surface area contributed by atoms with Crippen LogP contribution in [0.5, 0.6) is 0 Å². The molecule has 0 aliphatic heterocycles. The second-order valence-corrected chi connectivity index (χ2v) is 5.10. The Kier molecular flexibility index (Phi) is 5.17. The molecular weight excluding hydrogens is 293 g/mol. The molecule has 21 heavy (non-hydrogen) atoms. The Bertz CT molecular complexity index is 599. The molecule has 2 aromatic carbocycles. The van der Waals surface area contributed by atoms with Crippen LogP contribution in [0.2, 0.25) is 5.02 Å². The molecule has 2 aromatic rings. The molecule has 0 bridgehead atoms. The first kappa shape index (κ1) is 15.3. The molecule has 1 N–H and O–H groups in total. The molecule has 5 heteroatoms.